The summed E-state index contributed by atoms with van der Waals surface area (Å²) >= 11 is 0. The third-order valence-electron chi connectivity index (χ3n) is 3.77. The average molecular weight is 284 g/mol. The zero-order valence-electron chi connectivity index (χ0n) is 12.5. The second-order valence-corrected chi connectivity index (χ2v) is 5.34. The molecule has 6 nitrogen and oxygen atoms in total. The first kappa shape index (κ1) is 13.6. The number of aryl methyl sites for hydroxylation is 2. The van der Waals surface area contributed by atoms with Crippen LogP contribution in [0.15, 0.2) is 24.5 Å². The summed E-state index contributed by atoms with van der Waals surface area (Å²) in [5.41, 5.74) is 8.70. The van der Waals surface area contributed by atoms with E-state index in [1.165, 1.54) is 0 Å². The summed E-state index contributed by atoms with van der Waals surface area (Å²) in [6.07, 6.45) is 3.65. The zero-order chi connectivity index (χ0) is 14.8. The van der Waals surface area contributed by atoms with Gasteiger partial charge in [-0.1, -0.05) is 0 Å². The third kappa shape index (κ3) is 2.89. The molecule has 0 saturated carbocycles. The second-order valence-electron chi connectivity index (χ2n) is 5.34. The van der Waals surface area contributed by atoms with Gasteiger partial charge in [-0.3, -0.25) is 4.98 Å². The minimum absolute atomic E-state index is 0.558. The molecule has 2 N–H and O–H groups in total. The fourth-order valence-corrected chi connectivity index (χ4v) is 2.59. The van der Waals surface area contributed by atoms with Crippen LogP contribution >= 0.6 is 0 Å². The molecule has 0 amide bonds. The van der Waals surface area contributed by atoms with Crippen LogP contribution in [0.1, 0.15) is 11.4 Å². The lowest BCUT2D eigenvalue weighted by molar-refractivity contribution is 0.642. The molecule has 1 fully saturated rings. The maximum Gasteiger partial charge on any atom is 0.150 e. The van der Waals surface area contributed by atoms with Crippen LogP contribution in [-0.4, -0.2) is 41.1 Å². The molecule has 2 aromatic heterocycles. The Hall–Kier alpha value is -2.37. The summed E-state index contributed by atoms with van der Waals surface area (Å²) in [6, 6.07) is 3.87. The van der Waals surface area contributed by atoms with Gasteiger partial charge >= 0.3 is 0 Å². The number of rotatable bonds is 2. The van der Waals surface area contributed by atoms with Gasteiger partial charge in [0.1, 0.15) is 11.6 Å². The SMILES string of the molecule is Cc1cnc(C)c(N2CCN(c3ccc(N)nc3)CC2)n1. The van der Waals surface area contributed by atoms with Crippen molar-refractivity contribution in [2.45, 2.75) is 13.8 Å². The normalized spacial score (nSPS) is 15.3. The fourth-order valence-electron chi connectivity index (χ4n) is 2.59. The molecule has 0 aromatic carbocycles. The Morgan fingerprint density at radius 1 is 0.952 bits per heavy atom. The number of hydrogen-bond acceptors (Lipinski definition) is 6. The standard InChI is InChI=1S/C15H20N6/c1-11-9-17-12(2)15(19-11)21-7-5-20(6-8-21)13-3-4-14(16)18-10-13/h3-4,9-10H,5-8H2,1-2H3,(H2,16,18). The molecule has 0 radical (unpaired) electrons. The molecule has 0 bridgehead atoms. The summed E-state index contributed by atoms with van der Waals surface area (Å²) in [7, 11) is 0. The lowest BCUT2D eigenvalue weighted by Gasteiger charge is -2.37. The predicted octanol–water partition coefficient (Wildman–Crippen LogP) is 1.40. The Balaban J connectivity index is 1.70. The van der Waals surface area contributed by atoms with Gasteiger partial charge in [-0.05, 0) is 26.0 Å². The van der Waals surface area contributed by atoms with E-state index in [4.69, 9.17) is 5.73 Å². The van der Waals surface area contributed by atoms with Gasteiger partial charge in [0.25, 0.3) is 0 Å². The first-order chi connectivity index (χ1) is 10.1. The molecular weight excluding hydrogens is 264 g/mol. The fraction of sp³-hybridized carbons (Fsp3) is 0.400. The van der Waals surface area contributed by atoms with Crippen molar-refractivity contribution < 1.29 is 0 Å². The summed E-state index contributed by atoms with van der Waals surface area (Å²) in [6.45, 7) is 7.75. The first-order valence-electron chi connectivity index (χ1n) is 7.15. The molecule has 0 spiro atoms. The van der Waals surface area contributed by atoms with Gasteiger partial charge in [0.05, 0.1) is 23.3 Å². The van der Waals surface area contributed by atoms with Gasteiger partial charge in [0, 0.05) is 32.4 Å². The lowest BCUT2D eigenvalue weighted by atomic mass is 10.2. The van der Waals surface area contributed by atoms with Crippen LogP contribution < -0.4 is 15.5 Å². The van der Waals surface area contributed by atoms with E-state index in [0.717, 1.165) is 49.1 Å². The number of hydrogen-bond donors (Lipinski definition) is 1. The zero-order valence-corrected chi connectivity index (χ0v) is 12.5. The molecule has 0 atom stereocenters. The molecule has 3 rings (SSSR count). The van der Waals surface area contributed by atoms with E-state index >= 15 is 0 Å². The monoisotopic (exact) mass is 284 g/mol. The average Bonchev–Trinajstić information content (AvgIpc) is 2.51. The molecule has 1 aliphatic rings. The van der Waals surface area contributed by atoms with Gasteiger partial charge < -0.3 is 15.5 Å². The number of pyridine rings is 1. The summed E-state index contributed by atoms with van der Waals surface area (Å²) in [5, 5.41) is 0. The number of anilines is 3. The molecule has 1 aliphatic heterocycles. The highest BCUT2D eigenvalue weighted by Crippen LogP contribution is 2.20. The van der Waals surface area contributed by atoms with Crippen molar-refractivity contribution in [1.29, 1.82) is 0 Å². The third-order valence-corrected chi connectivity index (χ3v) is 3.77. The van der Waals surface area contributed by atoms with E-state index in [1.807, 2.05) is 38.4 Å². The molecule has 110 valence electrons. The molecular formula is C15H20N6. The molecule has 0 aliphatic carbocycles. The molecule has 1 saturated heterocycles. The van der Waals surface area contributed by atoms with E-state index in [0.29, 0.717) is 5.82 Å². The minimum atomic E-state index is 0.558. The summed E-state index contributed by atoms with van der Waals surface area (Å²) in [5.74, 6) is 1.56. The Bertz CT molecular complexity index is 617. The Morgan fingerprint density at radius 3 is 2.33 bits per heavy atom. The van der Waals surface area contributed by atoms with Crippen molar-refractivity contribution in [3.63, 3.8) is 0 Å². The van der Waals surface area contributed by atoms with Crippen LogP contribution in [-0.2, 0) is 0 Å². The highest BCUT2D eigenvalue weighted by Gasteiger charge is 2.20. The van der Waals surface area contributed by atoms with Crippen molar-refractivity contribution in [1.82, 2.24) is 15.0 Å². The second kappa shape index (κ2) is 5.55. The maximum atomic E-state index is 5.63. The highest BCUT2D eigenvalue weighted by molar-refractivity contribution is 5.51. The van der Waals surface area contributed by atoms with Crippen LogP contribution in [0.5, 0.6) is 0 Å². The van der Waals surface area contributed by atoms with Crippen molar-refractivity contribution in [3.05, 3.63) is 35.9 Å². The van der Waals surface area contributed by atoms with E-state index in [1.54, 1.807) is 0 Å². The van der Waals surface area contributed by atoms with Gasteiger partial charge in [-0.25, -0.2) is 9.97 Å². The lowest BCUT2D eigenvalue weighted by Crippen LogP contribution is -2.47. The Labute approximate surface area is 124 Å². The number of nitrogens with zero attached hydrogens (tertiary/aromatic N) is 5. The van der Waals surface area contributed by atoms with Crippen LogP contribution in [0.3, 0.4) is 0 Å². The van der Waals surface area contributed by atoms with Gasteiger partial charge in [-0.2, -0.15) is 0 Å². The van der Waals surface area contributed by atoms with E-state index < -0.39 is 0 Å². The van der Waals surface area contributed by atoms with Crippen LogP contribution in [0.2, 0.25) is 0 Å². The molecule has 2 aromatic rings. The van der Waals surface area contributed by atoms with E-state index in [2.05, 4.69) is 24.8 Å². The molecule has 21 heavy (non-hydrogen) atoms. The Morgan fingerprint density at radius 2 is 1.67 bits per heavy atom. The van der Waals surface area contributed by atoms with Crippen molar-refractivity contribution in [2.24, 2.45) is 0 Å². The smallest absolute Gasteiger partial charge is 0.150 e. The topological polar surface area (TPSA) is 71.2 Å². The first-order valence-corrected chi connectivity index (χ1v) is 7.15. The van der Waals surface area contributed by atoms with E-state index in [-0.39, 0.29) is 0 Å². The number of nitrogens with two attached hydrogens (primary N) is 1. The van der Waals surface area contributed by atoms with E-state index in [9.17, 15) is 0 Å². The largest absolute Gasteiger partial charge is 0.384 e. The molecule has 6 heteroatoms. The Kier molecular flexibility index (Phi) is 3.60. The van der Waals surface area contributed by atoms with Crippen molar-refractivity contribution in [2.75, 3.05) is 41.7 Å². The molecule has 0 unspecified atom stereocenters. The summed E-state index contributed by atoms with van der Waals surface area (Å²) < 4.78 is 0. The number of nitrogen functional groups attached to an aromatic ring is 1. The predicted molar refractivity (Wildman–Crippen MR) is 84.6 cm³/mol. The van der Waals surface area contributed by atoms with Crippen molar-refractivity contribution in [3.8, 4) is 0 Å². The highest BCUT2D eigenvalue weighted by atomic mass is 15.3. The van der Waals surface area contributed by atoms with Crippen LogP contribution in [0.25, 0.3) is 0 Å². The van der Waals surface area contributed by atoms with Crippen LogP contribution in [0.4, 0.5) is 17.3 Å². The van der Waals surface area contributed by atoms with Crippen molar-refractivity contribution >= 4 is 17.3 Å². The minimum Gasteiger partial charge on any atom is -0.384 e. The van der Waals surface area contributed by atoms with Crippen LogP contribution in [0, 0.1) is 13.8 Å². The quantitative estimate of drug-likeness (QED) is 0.898. The number of piperazine rings is 1. The number of aromatic nitrogens is 3. The van der Waals surface area contributed by atoms with Gasteiger partial charge in [0.15, 0.2) is 0 Å². The van der Waals surface area contributed by atoms with Gasteiger partial charge in [-0.15, -0.1) is 0 Å². The summed E-state index contributed by atoms with van der Waals surface area (Å²) in [4.78, 5) is 17.8. The molecule has 3 heterocycles. The maximum absolute atomic E-state index is 5.63. The van der Waals surface area contributed by atoms with Gasteiger partial charge in [0.2, 0.25) is 0 Å².